The molecule has 1 atom stereocenters. The molecule has 0 radical (unpaired) electrons. The van der Waals surface area contributed by atoms with Crippen molar-refractivity contribution in [2.24, 2.45) is 5.92 Å². The van der Waals surface area contributed by atoms with E-state index in [1.807, 2.05) is 32.0 Å². The van der Waals surface area contributed by atoms with Crippen LogP contribution in [0.15, 0.2) is 36.4 Å². The Bertz CT molecular complexity index is 622. The van der Waals surface area contributed by atoms with E-state index in [0.29, 0.717) is 5.39 Å². The van der Waals surface area contributed by atoms with E-state index in [4.69, 9.17) is 0 Å². The molecule has 1 amide bonds. The normalized spacial score (nSPS) is 12.6. The molecule has 4 heteroatoms. The number of amides is 1. The number of aromatic hydroxyl groups is 1. The first-order chi connectivity index (χ1) is 9.50. The predicted octanol–water partition coefficient (Wildman–Crippen LogP) is 2.29. The first-order valence-electron chi connectivity index (χ1n) is 6.67. The van der Waals surface area contributed by atoms with Gasteiger partial charge in [-0.15, -0.1) is 0 Å². The minimum Gasteiger partial charge on any atom is -0.506 e. The number of phenolic OH excluding ortho intramolecular Hbond substituents is 1. The van der Waals surface area contributed by atoms with Crippen molar-refractivity contribution in [3.63, 3.8) is 0 Å². The molecule has 0 spiro atoms. The van der Waals surface area contributed by atoms with Crippen LogP contribution in [0.2, 0.25) is 0 Å². The monoisotopic (exact) mass is 273 g/mol. The van der Waals surface area contributed by atoms with E-state index in [0.717, 1.165) is 5.39 Å². The Morgan fingerprint density at radius 1 is 1.20 bits per heavy atom. The van der Waals surface area contributed by atoms with Crippen LogP contribution in [0.5, 0.6) is 5.75 Å². The van der Waals surface area contributed by atoms with Crippen LogP contribution in [0.4, 0.5) is 0 Å². The van der Waals surface area contributed by atoms with Crippen LogP contribution in [0.25, 0.3) is 10.8 Å². The Hall–Kier alpha value is -2.07. The zero-order chi connectivity index (χ0) is 14.7. The Labute approximate surface area is 118 Å². The summed E-state index contributed by atoms with van der Waals surface area (Å²) >= 11 is 0. The van der Waals surface area contributed by atoms with Crippen LogP contribution in [-0.4, -0.2) is 28.8 Å². The summed E-state index contributed by atoms with van der Waals surface area (Å²) in [5.74, 6) is -0.340. The topological polar surface area (TPSA) is 69.6 Å². The van der Waals surface area contributed by atoms with Crippen molar-refractivity contribution in [3.05, 3.63) is 42.0 Å². The smallest absolute Gasteiger partial charge is 0.255 e. The molecule has 0 aromatic heterocycles. The fraction of sp³-hybridized carbons (Fsp3) is 0.312. The lowest BCUT2D eigenvalue weighted by atomic mass is 10.0. The van der Waals surface area contributed by atoms with Crippen LogP contribution in [-0.2, 0) is 0 Å². The second kappa shape index (κ2) is 5.92. The number of hydrogen-bond donors (Lipinski definition) is 3. The molecule has 0 bridgehead atoms. The zero-order valence-electron chi connectivity index (χ0n) is 11.6. The third-order valence-corrected chi connectivity index (χ3v) is 3.39. The number of carbonyl (C=O) groups excluding carboxylic acids is 1. The van der Waals surface area contributed by atoms with Crippen LogP contribution in [0.1, 0.15) is 24.2 Å². The Balaban J connectivity index is 2.20. The standard InChI is InChI=1S/C16H19NO3/c1-10(2)14(18)9-17-16(20)13-8-7-11-5-3-4-6-12(11)15(13)19/h3-8,10,14,18-19H,9H2,1-2H3,(H,17,20). The molecule has 0 saturated heterocycles. The number of benzene rings is 2. The Kier molecular flexibility index (Phi) is 4.25. The van der Waals surface area contributed by atoms with Crippen LogP contribution in [0.3, 0.4) is 0 Å². The Morgan fingerprint density at radius 2 is 1.90 bits per heavy atom. The lowest BCUT2D eigenvalue weighted by molar-refractivity contribution is 0.0869. The largest absolute Gasteiger partial charge is 0.506 e. The molecule has 20 heavy (non-hydrogen) atoms. The number of nitrogens with one attached hydrogen (secondary N) is 1. The molecule has 2 rings (SSSR count). The Morgan fingerprint density at radius 3 is 2.60 bits per heavy atom. The third-order valence-electron chi connectivity index (χ3n) is 3.39. The van der Waals surface area contributed by atoms with Crippen molar-refractivity contribution in [3.8, 4) is 5.75 Å². The van der Waals surface area contributed by atoms with E-state index >= 15 is 0 Å². The molecular formula is C16H19NO3. The van der Waals surface area contributed by atoms with E-state index < -0.39 is 6.10 Å². The molecule has 0 heterocycles. The summed E-state index contributed by atoms with van der Waals surface area (Å²) in [4.78, 5) is 12.1. The van der Waals surface area contributed by atoms with Crippen molar-refractivity contribution >= 4 is 16.7 Å². The molecule has 0 aliphatic heterocycles. The molecule has 0 aliphatic rings. The number of hydrogen-bond acceptors (Lipinski definition) is 3. The molecule has 0 aliphatic carbocycles. The number of aliphatic hydroxyl groups is 1. The average molecular weight is 273 g/mol. The lowest BCUT2D eigenvalue weighted by Crippen LogP contribution is -2.34. The second-order valence-corrected chi connectivity index (χ2v) is 5.20. The van der Waals surface area contributed by atoms with Crippen molar-refractivity contribution < 1.29 is 15.0 Å². The third kappa shape index (κ3) is 2.91. The number of phenols is 1. The maximum Gasteiger partial charge on any atom is 0.255 e. The van der Waals surface area contributed by atoms with Gasteiger partial charge >= 0.3 is 0 Å². The van der Waals surface area contributed by atoms with Gasteiger partial charge in [0.25, 0.3) is 5.91 Å². The maximum absolute atomic E-state index is 12.1. The molecule has 3 N–H and O–H groups in total. The van der Waals surface area contributed by atoms with Crippen molar-refractivity contribution in [1.82, 2.24) is 5.32 Å². The van der Waals surface area contributed by atoms with Gasteiger partial charge in [0.15, 0.2) is 0 Å². The van der Waals surface area contributed by atoms with Crippen LogP contribution < -0.4 is 5.32 Å². The summed E-state index contributed by atoms with van der Waals surface area (Å²) in [6.07, 6.45) is -0.596. The summed E-state index contributed by atoms with van der Waals surface area (Å²) in [6.45, 7) is 3.93. The molecule has 0 fully saturated rings. The van der Waals surface area contributed by atoms with Crippen molar-refractivity contribution in [2.45, 2.75) is 20.0 Å². The average Bonchev–Trinajstić information content (AvgIpc) is 2.45. The van der Waals surface area contributed by atoms with Gasteiger partial charge in [0.1, 0.15) is 5.75 Å². The highest BCUT2D eigenvalue weighted by Crippen LogP contribution is 2.28. The number of aliphatic hydroxyl groups excluding tert-OH is 1. The van der Waals surface area contributed by atoms with Crippen LogP contribution >= 0.6 is 0 Å². The summed E-state index contributed by atoms with van der Waals surface area (Å²) in [7, 11) is 0. The van der Waals surface area contributed by atoms with Gasteiger partial charge in [-0.25, -0.2) is 0 Å². The van der Waals surface area contributed by atoms with Gasteiger partial charge in [-0.1, -0.05) is 44.2 Å². The highest BCUT2D eigenvalue weighted by molar-refractivity contribution is 6.03. The van der Waals surface area contributed by atoms with Gasteiger partial charge in [-0.05, 0) is 17.4 Å². The van der Waals surface area contributed by atoms with Gasteiger partial charge in [-0.3, -0.25) is 4.79 Å². The van der Waals surface area contributed by atoms with Gasteiger partial charge in [0, 0.05) is 11.9 Å². The second-order valence-electron chi connectivity index (χ2n) is 5.20. The molecule has 2 aromatic rings. The molecular weight excluding hydrogens is 254 g/mol. The van der Waals surface area contributed by atoms with E-state index in [9.17, 15) is 15.0 Å². The van der Waals surface area contributed by atoms with Crippen molar-refractivity contribution in [2.75, 3.05) is 6.54 Å². The van der Waals surface area contributed by atoms with E-state index in [1.165, 1.54) is 0 Å². The predicted molar refractivity (Wildman–Crippen MR) is 78.8 cm³/mol. The lowest BCUT2D eigenvalue weighted by Gasteiger charge is -2.15. The van der Waals surface area contributed by atoms with Gasteiger partial charge < -0.3 is 15.5 Å². The molecule has 1 unspecified atom stereocenters. The summed E-state index contributed by atoms with van der Waals surface area (Å²) in [5.41, 5.74) is 0.222. The fourth-order valence-electron chi connectivity index (χ4n) is 1.97. The van der Waals surface area contributed by atoms with Gasteiger partial charge in [-0.2, -0.15) is 0 Å². The first-order valence-corrected chi connectivity index (χ1v) is 6.67. The van der Waals surface area contributed by atoms with E-state index in [1.54, 1.807) is 18.2 Å². The van der Waals surface area contributed by atoms with Gasteiger partial charge in [0.2, 0.25) is 0 Å². The van der Waals surface area contributed by atoms with E-state index in [2.05, 4.69) is 5.32 Å². The van der Waals surface area contributed by atoms with E-state index in [-0.39, 0.29) is 29.7 Å². The van der Waals surface area contributed by atoms with Gasteiger partial charge in [0.05, 0.1) is 11.7 Å². The molecule has 0 saturated carbocycles. The number of fused-ring (bicyclic) bond motifs is 1. The minimum atomic E-state index is -0.596. The summed E-state index contributed by atoms with van der Waals surface area (Å²) in [5, 5.41) is 24.0. The molecule has 4 nitrogen and oxygen atoms in total. The summed E-state index contributed by atoms with van der Waals surface area (Å²) in [6, 6.07) is 10.7. The highest BCUT2D eigenvalue weighted by Gasteiger charge is 2.15. The van der Waals surface area contributed by atoms with Crippen LogP contribution in [0, 0.1) is 5.92 Å². The highest BCUT2D eigenvalue weighted by atomic mass is 16.3. The molecule has 2 aromatic carbocycles. The number of carbonyl (C=O) groups is 1. The maximum atomic E-state index is 12.1. The SMILES string of the molecule is CC(C)C(O)CNC(=O)c1ccc2ccccc2c1O. The quantitative estimate of drug-likeness (QED) is 0.800. The zero-order valence-corrected chi connectivity index (χ0v) is 11.6. The molecule has 106 valence electrons. The fourth-order valence-corrected chi connectivity index (χ4v) is 1.97. The van der Waals surface area contributed by atoms with Crippen molar-refractivity contribution in [1.29, 1.82) is 0 Å². The minimum absolute atomic E-state index is 0.0281. The first kappa shape index (κ1) is 14.3. The summed E-state index contributed by atoms with van der Waals surface area (Å²) < 4.78 is 0. The number of rotatable bonds is 4.